The summed E-state index contributed by atoms with van der Waals surface area (Å²) in [6.45, 7) is 4.56. The van der Waals surface area contributed by atoms with E-state index in [0.29, 0.717) is 6.04 Å². The summed E-state index contributed by atoms with van der Waals surface area (Å²) in [7, 11) is 0. The molecule has 2 atom stereocenters. The highest BCUT2D eigenvalue weighted by Gasteiger charge is 2.23. The van der Waals surface area contributed by atoms with E-state index >= 15 is 0 Å². The van der Waals surface area contributed by atoms with Crippen LogP contribution in [0.25, 0.3) is 46.4 Å². The number of H-pyrrole nitrogens is 2. The maximum absolute atomic E-state index is 4.86. The molecule has 2 N–H and O–H groups in total. The van der Waals surface area contributed by atoms with Crippen LogP contribution in [0.3, 0.4) is 0 Å². The standard InChI is InChI=1S/C30H29N5/c1-3-6-20(2)35-14-5-4-7-30(35)28-18-27-17-25-11-10-23(32-25)15-21-8-9-22(31-21)16-24-12-13-26(33-24)19-29(28)34-27/h4-5,7-20,30-31,34H,3,6H2,1-2H3. The smallest absolute Gasteiger partial charge is 0.0748 e. The van der Waals surface area contributed by atoms with Gasteiger partial charge in [0.15, 0.2) is 0 Å². The molecule has 0 saturated heterocycles. The lowest BCUT2D eigenvalue weighted by Crippen LogP contribution is -2.32. The van der Waals surface area contributed by atoms with Gasteiger partial charge in [-0.3, -0.25) is 0 Å². The Morgan fingerprint density at radius 3 is 2.09 bits per heavy atom. The first-order valence-corrected chi connectivity index (χ1v) is 12.4. The van der Waals surface area contributed by atoms with Crippen LogP contribution in [0.15, 0.2) is 66.9 Å². The predicted molar refractivity (Wildman–Crippen MR) is 146 cm³/mol. The maximum Gasteiger partial charge on any atom is 0.0748 e. The van der Waals surface area contributed by atoms with Gasteiger partial charge in [0.1, 0.15) is 0 Å². The third-order valence-electron chi connectivity index (χ3n) is 6.72. The highest BCUT2D eigenvalue weighted by Crippen LogP contribution is 2.33. The summed E-state index contributed by atoms with van der Waals surface area (Å²) in [5.41, 5.74) is 9.14. The van der Waals surface area contributed by atoms with Gasteiger partial charge in [-0.1, -0.05) is 25.5 Å². The van der Waals surface area contributed by atoms with Crippen LogP contribution in [0.5, 0.6) is 0 Å². The number of nitrogens with one attached hydrogen (secondary N) is 2. The lowest BCUT2D eigenvalue weighted by atomic mass is 10.0. The molecule has 174 valence electrons. The van der Waals surface area contributed by atoms with E-state index in [9.17, 15) is 0 Å². The molecule has 5 heteroatoms. The minimum Gasteiger partial charge on any atom is -0.364 e. The molecule has 0 aromatic carbocycles. The topological polar surface area (TPSA) is 60.6 Å². The zero-order valence-electron chi connectivity index (χ0n) is 20.1. The Bertz CT molecular complexity index is 1550. The van der Waals surface area contributed by atoms with Gasteiger partial charge in [0.25, 0.3) is 0 Å². The van der Waals surface area contributed by atoms with E-state index in [1.54, 1.807) is 0 Å². The summed E-state index contributed by atoms with van der Waals surface area (Å²) in [4.78, 5) is 19.2. The number of aromatic nitrogens is 4. The molecule has 35 heavy (non-hydrogen) atoms. The van der Waals surface area contributed by atoms with Crippen molar-refractivity contribution in [2.45, 2.75) is 38.8 Å². The van der Waals surface area contributed by atoms with Gasteiger partial charge in [-0.05, 0) is 86.2 Å². The number of allylic oxidation sites excluding steroid dienone is 2. The van der Waals surface area contributed by atoms with Gasteiger partial charge in [-0.25, -0.2) is 9.97 Å². The van der Waals surface area contributed by atoms with Gasteiger partial charge in [0.2, 0.25) is 0 Å². The Labute approximate surface area is 205 Å². The van der Waals surface area contributed by atoms with Crippen molar-refractivity contribution < 1.29 is 0 Å². The lowest BCUT2D eigenvalue weighted by molar-refractivity contribution is 0.237. The Morgan fingerprint density at radius 1 is 0.800 bits per heavy atom. The molecular weight excluding hydrogens is 430 g/mol. The van der Waals surface area contributed by atoms with E-state index in [0.717, 1.165) is 57.7 Å². The number of rotatable bonds is 4. The van der Waals surface area contributed by atoms with Crippen molar-refractivity contribution in [3.63, 3.8) is 0 Å². The number of hydrogen-bond acceptors (Lipinski definition) is 3. The summed E-state index contributed by atoms with van der Waals surface area (Å²) in [6, 6.07) is 15.4. The molecule has 8 bridgehead atoms. The second kappa shape index (κ2) is 8.91. The predicted octanol–water partition coefficient (Wildman–Crippen LogP) is 7.27. The second-order valence-corrected chi connectivity index (χ2v) is 9.39. The Kier molecular flexibility index (Phi) is 5.45. The van der Waals surface area contributed by atoms with E-state index in [-0.39, 0.29) is 6.04 Å². The van der Waals surface area contributed by atoms with Crippen molar-refractivity contribution >= 4 is 46.4 Å². The van der Waals surface area contributed by atoms with Gasteiger partial charge in [-0.2, -0.15) is 0 Å². The van der Waals surface area contributed by atoms with Crippen molar-refractivity contribution in [2.24, 2.45) is 0 Å². The van der Waals surface area contributed by atoms with Crippen LogP contribution < -0.4 is 0 Å². The summed E-state index contributed by atoms with van der Waals surface area (Å²) in [5, 5.41) is 0. The Morgan fingerprint density at radius 2 is 1.43 bits per heavy atom. The zero-order chi connectivity index (χ0) is 23.8. The second-order valence-electron chi connectivity index (χ2n) is 9.39. The quantitative estimate of drug-likeness (QED) is 0.297. The molecule has 5 nitrogen and oxygen atoms in total. The van der Waals surface area contributed by atoms with Crippen molar-refractivity contribution in [3.8, 4) is 0 Å². The fourth-order valence-electron chi connectivity index (χ4n) is 5.05. The van der Waals surface area contributed by atoms with E-state index in [4.69, 9.17) is 9.97 Å². The third kappa shape index (κ3) is 4.37. The first-order chi connectivity index (χ1) is 17.1. The molecular formula is C30H29N5. The van der Waals surface area contributed by atoms with Gasteiger partial charge < -0.3 is 14.9 Å². The Balaban J connectivity index is 1.58. The van der Waals surface area contributed by atoms with Crippen molar-refractivity contribution in [1.29, 1.82) is 0 Å². The van der Waals surface area contributed by atoms with Crippen LogP contribution in [0.2, 0.25) is 0 Å². The number of aromatic amines is 2. The van der Waals surface area contributed by atoms with Gasteiger partial charge in [-0.15, -0.1) is 0 Å². The molecule has 0 radical (unpaired) electrons. The SMILES string of the molecule is CCCC(C)N1C=CC=CC1c1cc2cc3nc(cc4ccc(cc5nc(cc1[nH]2)C=C5)[nH]4)C=C3. The van der Waals surface area contributed by atoms with Crippen molar-refractivity contribution in [1.82, 2.24) is 24.8 Å². The molecule has 0 amide bonds. The first-order valence-electron chi connectivity index (χ1n) is 12.4. The molecule has 3 aliphatic rings. The maximum atomic E-state index is 4.86. The van der Waals surface area contributed by atoms with Crippen LogP contribution in [-0.2, 0) is 0 Å². The minimum absolute atomic E-state index is 0.155. The monoisotopic (exact) mass is 459 g/mol. The average Bonchev–Trinajstić information content (AvgIpc) is 3.64. The molecule has 2 unspecified atom stereocenters. The molecule has 0 aliphatic carbocycles. The van der Waals surface area contributed by atoms with E-state index in [1.165, 1.54) is 5.56 Å². The number of fused-ring (bicyclic) bond motifs is 8. The van der Waals surface area contributed by atoms with Gasteiger partial charge in [0.05, 0.1) is 28.8 Å². The van der Waals surface area contributed by atoms with Crippen LogP contribution >= 0.6 is 0 Å². The summed E-state index contributed by atoms with van der Waals surface area (Å²) >= 11 is 0. The largest absolute Gasteiger partial charge is 0.364 e. The highest BCUT2D eigenvalue weighted by molar-refractivity contribution is 5.78. The molecule has 6 heterocycles. The Hall–Kier alpha value is -4.12. The summed E-state index contributed by atoms with van der Waals surface area (Å²) in [6.07, 6.45) is 19.4. The average molecular weight is 460 g/mol. The summed E-state index contributed by atoms with van der Waals surface area (Å²) in [5.74, 6) is 0. The van der Waals surface area contributed by atoms with E-state index in [2.05, 4.69) is 120 Å². The van der Waals surface area contributed by atoms with Crippen molar-refractivity contribution in [3.05, 3.63) is 95.2 Å². The fourth-order valence-corrected chi connectivity index (χ4v) is 5.05. The number of hydrogen-bond donors (Lipinski definition) is 2. The normalized spacial score (nSPS) is 17.3. The van der Waals surface area contributed by atoms with E-state index < -0.39 is 0 Å². The van der Waals surface area contributed by atoms with Crippen LogP contribution in [-0.4, -0.2) is 30.9 Å². The molecule has 0 fully saturated rings. The molecule has 0 saturated carbocycles. The van der Waals surface area contributed by atoms with Crippen LogP contribution in [0.4, 0.5) is 0 Å². The fraction of sp³-hybridized carbons (Fsp3) is 0.200. The highest BCUT2D eigenvalue weighted by atomic mass is 15.2. The number of nitrogens with zero attached hydrogens (tertiary/aromatic N) is 3. The van der Waals surface area contributed by atoms with Crippen molar-refractivity contribution in [2.75, 3.05) is 0 Å². The molecule has 6 rings (SSSR count). The zero-order valence-corrected chi connectivity index (χ0v) is 20.1. The molecule has 3 aromatic heterocycles. The molecule has 3 aromatic rings. The first kappa shape index (κ1) is 21.4. The van der Waals surface area contributed by atoms with Gasteiger partial charge in [0, 0.05) is 39.9 Å². The van der Waals surface area contributed by atoms with E-state index in [1.807, 2.05) is 0 Å². The lowest BCUT2D eigenvalue weighted by Gasteiger charge is -2.35. The third-order valence-corrected chi connectivity index (χ3v) is 6.72. The van der Waals surface area contributed by atoms with Crippen LogP contribution in [0.1, 0.15) is 61.1 Å². The van der Waals surface area contributed by atoms with Crippen LogP contribution in [0, 0.1) is 0 Å². The van der Waals surface area contributed by atoms with Gasteiger partial charge >= 0.3 is 0 Å². The minimum atomic E-state index is 0.155. The summed E-state index contributed by atoms with van der Waals surface area (Å²) < 4.78 is 0. The molecule has 0 spiro atoms. The molecule has 3 aliphatic heterocycles.